The molecule has 36 heavy (non-hydrogen) atoms. The topological polar surface area (TPSA) is 114 Å². The van der Waals surface area contributed by atoms with Gasteiger partial charge in [-0.25, -0.2) is 14.4 Å². The number of nitrogens with zero attached hydrogens (tertiary/aromatic N) is 3. The smallest absolute Gasteiger partial charge is 0.263 e. The van der Waals surface area contributed by atoms with Crippen molar-refractivity contribution in [2.75, 3.05) is 25.6 Å². The fourth-order valence-corrected chi connectivity index (χ4v) is 4.01. The molecule has 2 aromatic carbocycles. The van der Waals surface area contributed by atoms with Gasteiger partial charge in [-0.05, 0) is 42.3 Å². The van der Waals surface area contributed by atoms with Gasteiger partial charge in [0.2, 0.25) is 5.28 Å². The third-order valence-corrected chi connectivity index (χ3v) is 5.83. The first-order chi connectivity index (χ1) is 17.4. The Morgan fingerprint density at radius 3 is 2.67 bits per heavy atom. The third kappa shape index (κ3) is 5.84. The third-order valence-electron chi connectivity index (χ3n) is 5.37. The average molecular weight is 533 g/mol. The summed E-state index contributed by atoms with van der Waals surface area (Å²) in [6, 6.07) is 8.60. The number of H-pyrrole nitrogens is 1. The molecule has 1 atom stereocenters. The van der Waals surface area contributed by atoms with E-state index in [1.54, 1.807) is 19.5 Å². The van der Waals surface area contributed by atoms with Gasteiger partial charge < -0.3 is 20.1 Å². The fourth-order valence-electron chi connectivity index (χ4n) is 3.59. The Morgan fingerprint density at radius 2 is 1.92 bits per heavy atom. The SMILES string of the molecule is COc1ccc(CNc2nccnc2[C@H](C)NCCOc2c(Cl)cc(F)c3nc(Cl)[nH]c(=O)c23)cc1. The van der Waals surface area contributed by atoms with Crippen LogP contribution in [0.4, 0.5) is 10.2 Å². The van der Waals surface area contributed by atoms with Crippen LogP contribution < -0.4 is 25.7 Å². The Kier molecular flexibility index (Phi) is 8.19. The van der Waals surface area contributed by atoms with Crippen molar-refractivity contribution in [3.63, 3.8) is 0 Å². The predicted octanol–water partition coefficient (Wildman–Crippen LogP) is 4.51. The summed E-state index contributed by atoms with van der Waals surface area (Å²) in [5, 5.41) is 6.25. The number of methoxy groups -OCH3 is 1. The van der Waals surface area contributed by atoms with Crippen LogP contribution >= 0.6 is 23.2 Å². The molecule has 0 bridgehead atoms. The summed E-state index contributed by atoms with van der Waals surface area (Å²) in [6.07, 6.45) is 3.24. The van der Waals surface area contributed by atoms with Crippen molar-refractivity contribution in [1.29, 1.82) is 0 Å². The van der Waals surface area contributed by atoms with Gasteiger partial charge in [0.1, 0.15) is 29.1 Å². The molecule has 0 saturated carbocycles. The largest absolute Gasteiger partial charge is 0.497 e. The minimum Gasteiger partial charge on any atom is -0.497 e. The number of halogens is 3. The Balaban J connectivity index is 1.39. The van der Waals surface area contributed by atoms with Gasteiger partial charge in [0, 0.05) is 25.5 Å². The number of fused-ring (bicyclic) bond motifs is 1. The van der Waals surface area contributed by atoms with E-state index in [0.717, 1.165) is 23.1 Å². The lowest BCUT2D eigenvalue weighted by Gasteiger charge is -2.18. The second kappa shape index (κ2) is 11.5. The van der Waals surface area contributed by atoms with Crippen LogP contribution in [-0.2, 0) is 6.54 Å². The molecule has 4 rings (SSSR count). The summed E-state index contributed by atoms with van der Waals surface area (Å²) in [5.74, 6) is 0.712. The Labute approximate surface area is 216 Å². The van der Waals surface area contributed by atoms with E-state index in [4.69, 9.17) is 32.7 Å². The van der Waals surface area contributed by atoms with Crippen LogP contribution in [0.2, 0.25) is 10.3 Å². The summed E-state index contributed by atoms with van der Waals surface area (Å²) in [7, 11) is 1.63. The predicted molar refractivity (Wildman–Crippen MR) is 137 cm³/mol. The number of anilines is 1. The summed E-state index contributed by atoms with van der Waals surface area (Å²) >= 11 is 11.9. The molecule has 0 radical (unpaired) electrons. The van der Waals surface area contributed by atoms with Crippen molar-refractivity contribution in [3.8, 4) is 11.5 Å². The molecule has 2 aromatic heterocycles. The van der Waals surface area contributed by atoms with E-state index in [0.29, 0.717) is 18.9 Å². The average Bonchev–Trinajstić information content (AvgIpc) is 2.87. The minimum absolute atomic E-state index is 0.0364. The van der Waals surface area contributed by atoms with Gasteiger partial charge >= 0.3 is 0 Å². The molecule has 0 aliphatic carbocycles. The van der Waals surface area contributed by atoms with E-state index in [1.807, 2.05) is 31.2 Å². The number of rotatable bonds is 10. The van der Waals surface area contributed by atoms with E-state index in [1.165, 1.54) is 0 Å². The molecule has 12 heteroatoms. The van der Waals surface area contributed by atoms with Gasteiger partial charge in [0.25, 0.3) is 5.56 Å². The molecular weight excluding hydrogens is 510 g/mol. The standard InChI is InChI=1S/C24H23Cl2FN6O3/c1-13(19-22(30-8-7-29-19)31-12-14-3-5-15(35-2)6-4-14)28-9-10-36-21-16(25)11-17(27)20-18(21)23(34)33-24(26)32-20/h3-8,11,13,28H,9-10,12H2,1-2H3,(H,30,31)(H,32,33,34)/t13-/m0/s1. The monoisotopic (exact) mass is 532 g/mol. The zero-order chi connectivity index (χ0) is 25.7. The highest BCUT2D eigenvalue weighted by atomic mass is 35.5. The molecular formula is C24H23Cl2FN6O3. The Hall–Kier alpha value is -3.47. The molecule has 0 aliphatic heterocycles. The van der Waals surface area contributed by atoms with Gasteiger partial charge in [0.05, 0.1) is 23.9 Å². The van der Waals surface area contributed by atoms with Crippen LogP contribution in [0.5, 0.6) is 11.5 Å². The first kappa shape index (κ1) is 25.6. The molecule has 0 aliphatic rings. The number of benzene rings is 2. The lowest BCUT2D eigenvalue weighted by atomic mass is 10.2. The number of ether oxygens (including phenoxy) is 2. The summed E-state index contributed by atoms with van der Waals surface area (Å²) in [6.45, 7) is 3.03. The number of nitrogens with one attached hydrogen (secondary N) is 3. The van der Waals surface area contributed by atoms with E-state index in [2.05, 4.69) is 30.6 Å². The number of hydrogen-bond donors (Lipinski definition) is 3. The van der Waals surface area contributed by atoms with Crippen molar-refractivity contribution < 1.29 is 13.9 Å². The lowest BCUT2D eigenvalue weighted by molar-refractivity contribution is 0.310. The molecule has 188 valence electrons. The molecule has 0 saturated heterocycles. The van der Waals surface area contributed by atoms with Gasteiger partial charge in [-0.15, -0.1) is 0 Å². The maximum absolute atomic E-state index is 14.3. The summed E-state index contributed by atoms with van der Waals surface area (Å²) in [4.78, 5) is 27.4. The number of aromatic amines is 1. The van der Waals surface area contributed by atoms with Crippen molar-refractivity contribution in [2.24, 2.45) is 0 Å². The van der Waals surface area contributed by atoms with Crippen molar-refractivity contribution >= 4 is 39.9 Å². The molecule has 4 aromatic rings. The van der Waals surface area contributed by atoms with Crippen LogP contribution in [0.15, 0.2) is 47.5 Å². The quantitative estimate of drug-likeness (QED) is 0.202. The molecule has 9 nitrogen and oxygen atoms in total. The fraction of sp³-hybridized carbons (Fsp3) is 0.250. The van der Waals surface area contributed by atoms with Gasteiger partial charge in [0.15, 0.2) is 11.6 Å². The van der Waals surface area contributed by atoms with Gasteiger partial charge in [-0.1, -0.05) is 23.7 Å². The Bertz CT molecular complexity index is 1420. The van der Waals surface area contributed by atoms with Crippen LogP contribution in [0, 0.1) is 5.82 Å². The van der Waals surface area contributed by atoms with Crippen molar-refractivity contribution in [1.82, 2.24) is 25.3 Å². The van der Waals surface area contributed by atoms with Crippen LogP contribution in [0.3, 0.4) is 0 Å². The number of aromatic nitrogens is 4. The summed E-state index contributed by atoms with van der Waals surface area (Å²) < 4.78 is 25.2. The molecule has 0 fully saturated rings. The highest BCUT2D eigenvalue weighted by Gasteiger charge is 2.18. The van der Waals surface area contributed by atoms with E-state index in [9.17, 15) is 9.18 Å². The Morgan fingerprint density at radius 1 is 1.17 bits per heavy atom. The summed E-state index contributed by atoms with van der Waals surface area (Å²) in [5.41, 5.74) is 0.939. The van der Waals surface area contributed by atoms with Crippen molar-refractivity contribution in [2.45, 2.75) is 19.5 Å². The zero-order valence-electron chi connectivity index (χ0n) is 19.4. The van der Waals surface area contributed by atoms with Gasteiger partial charge in [-0.2, -0.15) is 0 Å². The highest BCUT2D eigenvalue weighted by Crippen LogP contribution is 2.33. The van der Waals surface area contributed by atoms with Crippen LogP contribution in [0.25, 0.3) is 10.9 Å². The number of hydrogen-bond acceptors (Lipinski definition) is 8. The first-order valence-corrected chi connectivity index (χ1v) is 11.7. The zero-order valence-corrected chi connectivity index (χ0v) is 21.0. The van der Waals surface area contributed by atoms with Crippen LogP contribution in [0.1, 0.15) is 24.2 Å². The second-order valence-corrected chi connectivity index (χ2v) is 8.53. The minimum atomic E-state index is -0.764. The highest BCUT2D eigenvalue weighted by molar-refractivity contribution is 6.33. The molecule has 0 unspecified atom stereocenters. The molecule has 2 heterocycles. The van der Waals surface area contributed by atoms with E-state index in [-0.39, 0.29) is 39.6 Å². The maximum atomic E-state index is 14.3. The first-order valence-electron chi connectivity index (χ1n) is 11.0. The normalized spacial score (nSPS) is 11.9. The van der Waals surface area contributed by atoms with Crippen LogP contribution in [-0.4, -0.2) is 40.2 Å². The van der Waals surface area contributed by atoms with Crippen molar-refractivity contribution in [3.05, 3.63) is 80.5 Å². The molecule has 0 amide bonds. The lowest BCUT2D eigenvalue weighted by Crippen LogP contribution is -2.26. The van der Waals surface area contributed by atoms with E-state index >= 15 is 0 Å². The van der Waals surface area contributed by atoms with Gasteiger partial charge in [-0.3, -0.25) is 14.8 Å². The van der Waals surface area contributed by atoms with E-state index < -0.39 is 11.4 Å². The second-order valence-electron chi connectivity index (χ2n) is 7.77. The maximum Gasteiger partial charge on any atom is 0.263 e. The molecule has 3 N–H and O–H groups in total. The molecule has 0 spiro atoms.